The first kappa shape index (κ1) is 18.8. The maximum Gasteiger partial charge on any atom is 0.224 e. The number of benzene rings is 1. The zero-order valence-electron chi connectivity index (χ0n) is 15.9. The van der Waals surface area contributed by atoms with Gasteiger partial charge in [0.2, 0.25) is 16.0 Å². The summed E-state index contributed by atoms with van der Waals surface area (Å²) in [5.41, 5.74) is 1.69. The molecule has 4 rings (SSSR count). The lowest BCUT2D eigenvalue weighted by molar-refractivity contribution is 0.276. The van der Waals surface area contributed by atoms with Gasteiger partial charge in [0.25, 0.3) is 0 Å². The Kier molecular flexibility index (Phi) is 4.98. The second-order valence-corrected chi connectivity index (χ2v) is 9.20. The van der Waals surface area contributed by atoms with Gasteiger partial charge < -0.3 is 5.32 Å². The number of nitrogens with one attached hydrogen (secondary N) is 1. The molecule has 3 aromatic rings. The Hall–Kier alpha value is -2.59. The lowest BCUT2D eigenvalue weighted by Crippen LogP contribution is -2.41. The summed E-state index contributed by atoms with van der Waals surface area (Å²) >= 11 is 0. The summed E-state index contributed by atoms with van der Waals surface area (Å²) in [6.07, 6.45) is 6.31. The van der Waals surface area contributed by atoms with Crippen LogP contribution in [-0.2, 0) is 10.0 Å². The predicted molar refractivity (Wildman–Crippen MR) is 107 cm³/mol. The van der Waals surface area contributed by atoms with Gasteiger partial charge in [0.1, 0.15) is 5.52 Å². The van der Waals surface area contributed by atoms with E-state index in [-0.39, 0.29) is 12.1 Å². The fourth-order valence-corrected chi connectivity index (χ4v) is 4.36. The van der Waals surface area contributed by atoms with Crippen molar-refractivity contribution in [3.63, 3.8) is 0 Å². The van der Waals surface area contributed by atoms with Crippen molar-refractivity contribution in [2.45, 2.75) is 37.8 Å². The highest BCUT2D eigenvalue weighted by Gasteiger charge is 2.28. The van der Waals surface area contributed by atoms with E-state index in [1.165, 1.54) is 10.6 Å². The van der Waals surface area contributed by atoms with Crippen LogP contribution in [0.3, 0.4) is 0 Å². The van der Waals surface area contributed by atoms with Gasteiger partial charge in [0.15, 0.2) is 5.82 Å². The molecule has 9 nitrogen and oxygen atoms in total. The van der Waals surface area contributed by atoms with Crippen molar-refractivity contribution in [3.05, 3.63) is 36.5 Å². The van der Waals surface area contributed by atoms with Gasteiger partial charge in [-0.3, -0.25) is 0 Å². The number of anilines is 1. The lowest BCUT2D eigenvalue weighted by Gasteiger charge is -2.33. The fraction of sp³-hybridized carbons (Fsp3) is 0.444. The van der Waals surface area contributed by atoms with Crippen LogP contribution in [0, 0.1) is 0 Å². The molecule has 0 aliphatic heterocycles. The molecule has 0 unspecified atom stereocenters. The van der Waals surface area contributed by atoms with Crippen molar-refractivity contribution in [1.29, 1.82) is 0 Å². The maximum atomic E-state index is 11.7. The average Bonchev–Trinajstić information content (AvgIpc) is 3.12. The van der Waals surface area contributed by atoms with E-state index in [1.54, 1.807) is 24.0 Å². The first-order chi connectivity index (χ1) is 13.4. The molecular formula is C18H23N7O2S. The lowest BCUT2D eigenvalue weighted by atomic mass is 9.91. The van der Waals surface area contributed by atoms with Gasteiger partial charge in [0, 0.05) is 31.4 Å². The van der Waals surface area contributed by atoms with E-state index in [0.29, 0.717) is 11.8 Å². The molecule has 0 amide bonds. The Labute approximate surface area is 163 Å². The maximum absolute atomic E-state index is 11.7. The van der Waals surface area contributed by atoms with E-state index in [9.17, 15) is 8.42 Å². The molecule has 28 heavy (non-hydrogen) atoms. The van der Waals surface area contributed by atoms with E-state index in [0.717, 1.165) is 36.7 Å². The number of hydrogen-bond acceptors (Lipinski definition) is 7. The number of para-hydroxylation sites is 1. The van der Waals surface area contributed by atoms with Gasteiger partial charge in [0.05, 0.1) is 11.8 Å². The van der Waals surface area contributed by atoms with Crippen molar-refractivity contribution in [1.82, 2.24) is 29.3 Å². The number of nitrogens with zero attached hydrogens (tertiary/aromatic N) is 6. The summed E-state index contributed by atoms with van der Waals surface area (Å²) in [4.78, 5) is 8.91. The molecule has 1 aliphatic rings. The van der Waals surface area contributed by atoms with Gasteiger partial charge >= 0.3 is 0 Å². The smallest absolute Gasteiger partial charge is 0.224 e. The van der Waals surface area contributed by atoms with E-state index in [4.69, 9.17) is 0 Å². The fourth-order valence-electron chi connectivity index (χ4n) is 3.61. The molecule has 1 aromatic carbocycles. The van der Waals surface area contributed by atoms with Crippen molar-refractivity contribution in [3.8, 4) is 5.82 Å². The first-order valence-corrected chi connectivity index (χ1v) is 11.1. The van der Waals surface area contributed by atoms with Crippen molar-refractivity contribution in [2.24, 2.45) is 0 Å². The van der Waals surface area contributed by atoms with Crippen LogP contribution in [0.25, 0.3) is 16.9 Å². The summed E-state index contributed by atoms with van der Waals surface area (Å²) in [6.45, 7) is 0. The molecule has 0 bridgehead atoms. The van der Waals surface area contributed by atoms with Gasteiger partial charge in [-0.15, -0.1) is 5.10 Å². The Morgan fingerprint density at radius 3 is 2.64 bits per heavy atom. The van der Waals surface area contributed by atoms with E-state index in [1.807, 2.05) is 24.3 Å². The number of rotatable bonds is 5. The largest absolute Gasteiger partial charge is 0.351 e. The molecule has 0 radical (unpaired) electrons. The Bertz CT molecular complexity index is 1070. The summed E-state index contributed by atoms with van der Waals surface area (Å²) < 4.78 is 26.6. The van der Waals surface area contributed by atoms with Crippen molar-refractivity contribution in [2.75, 3.05) is 18.6 Å². The topological polar surface area (TPSA) is 106 Å². The van der Waals surface area contributed by atoms with Gasteiger partial charge in [-0.1, -0.05) is 17.3 Å². The monoisotopic (exact) mass is 401 g/mol. The molecule has 1 aliphatic carbocycles. The number of fused-ring (bicyclic) bond motifs is 1. The van der Waals surface area contributed by atoms with Crippen molar-refractivity contribution >= 4 is 27.0 Å². The molecule has 0 atom stereocenters. The third-order valence-electron chi connectivity index (χ3n) is 5.28. The predicted octanol–water partition coefficient (Wildman–Crippen LogP) is 1.82. The number of hydrogen-bond donors (Lipinski definition) is 1. The molecule has 1 saturated carbocycles. The third-order valence-corrected chi connectivity index (χ3v) is 6.62. The highest BCUT2D eigenvalue weighted by Crippen LogP contribution is 2.25. The minimum atomic E-state index is -3.15. The van der Waals surface area contributed by atoms with Crippen LogP contribution in [0.2, 0.25) is 0 Å². The molecular weight excluding hydrogens is 378 g/mol. The zero-order chi connectivity index (χ0) is 19.7. The molecule has 0 spiro atoms. The second kappa shape index (κ2) is 7.44. The quantitative estimate of drug-likeness (QED) is 0.695. The van der Waals surface area contributed by atoms with E-state index in [2.05, 4.69) is 25.6 Å². The summed E-state index contributed by atoms with van der Waals surface area (Å²) in [7, 11) is -1.50. The van der Waals surface area contributed by atoms with Gasteiger partial charge in [-0.25, -0.2) is 17.7 Å². The molecule has 2 aromatic heterocycles. The molecule has 1 fully saturated rings. The molecule has 2 heterocycles. The zero-order valence-corrected chi connectivity index (χ0v) is 16.7. The number of sulfonamides is 1. The Balaban J connectivity index is 1.45. The summed E-state index contributed by atoms with van der Waals surface area (Å²) in [5.74, 6) is 1.19. The average molecular weight is 401 g/mol. The minimum Gasteiger partial charge on any atom is -0.351 e. The summed E-state index contributed by atoms with van der Waals surface area (Å²) in [6, 6.07) is 9.79. The molecule has 1 N–H and O–H groups in total. The van der Waals surface area contributed by atoms with Crippen LogP contribution in [0.1, 0.15) is 25.7 Å². The van der Waals surface area contributed by atoms with E-state index >= 15 is 0 Å². The molecule has 148 valence electrons. The minimum absolute atomic E-state index is 0.0572. The molecule has 10 heteroatoms. The Morgan fingerprint density at radius 1 is 1.14 bits per heavy atom. The van der Waals surface area contributed by atoms with Gasteiger partial charge in [-0.2, -0.15) is 9.67 Å². The van der Waals surface area contributed by atoms with Crippen LogP contribution in [-0.4, -0.2) is 63.1 Å². The first-order valence-electron chi connectivity index (χ1n) is 9.25. The summed E-state index contributed by atoms with van der Waals surface area (Å²) in [5, 5.41) is 11.7. The van der Waals surface area contributed by atoms with Gasteiger partial charge in [-0.05, 0) is 37.8 Å². The van der Waals surface area contributed by atoms with Crippen LogP contribution >= 0.6 is 0 Å². The Morgan fingerprint density at radius 2 is 1.89 bits per heavy atom. The number of aromatic nitrogens is 5. The normalized spacial score (nSPS) is 20.5. The highest BCUT2D eigenvalue weighted by molar-refractivity contribution is 7.88. The van der Waals surface area contributed by atoms with Crippen LogP contribution < -0.4 is 5.32 Å². The highest BCUT2D eigenvalue weighted by atomic mass is 32.2. The SMILES string of the molecule is CN(C1CCC(Nc2nccc(-n3nnc4ccccc43)n2)CC1)S(C)(=O)=O. The second-order valence-electron chi connectivity index (χ2n) is 7.16. The van der Waals surface area contributed by atoms with Crippen LogP contribution in [0.15, 0.2) is 36.5 Å². The molecule has 0 saturated heterocycles. The van der Waals surface area contributed by atoms with Crippen molar-refractivity contribution < 1.29 is 8.42 Å². The standard InChI is InChI=1S/C18H23N7O2S/c1-24(28(2,26)27)14-9-7-13(8-10-14)20-18-19-12-11-17(21-18)25-16-6-4-3-5-15(16)22-23-25/h3-6,11-14H,7-10H2,1-2H3,(H,19,20,21). The van der Waals surface area contributed by atoms with Crippen LogP contribution in [0.5, 0.6) is 0 Å². The van der Waals surface area contributed by atoms with Crippen LogP contribution in [0.4, 0.5) is 5.95 Å². The third kappa shape index (κ3) is 3.83. The van der Waals surface area contributed by atoms with E-state index < -0.39 is 10.0 Å².